The van der Waals surface area contributed by atoms with Crippen LogP contribution in [0.5, 0.6) is 11.8 Å². The van der Waals surface area contributed by atoms with E-state index in [9.17, 15) is 4.79 Å². The number of benzene rings is 3. The molecule has 0 bridgehead atoms. The molecule has 0 aliphatic carbocycles. The lowest BCUT2D eigenvalue weighted by molar-refractivity contribution is 0.0117. The summed E-state index contributed by atoms with van der Waals surface area (Å²) in [7, 11) is 0. The Morgan fingerprint density at radius 2 is 1.43 bits per heavy atom. The predicted octanol–water partition coefficient (Wildman–Crippen LogP) is 8.00. The molecule has 0 atom stereocenters. The lowest BCUT2D eigenvalue weighted by Gasteiger charge is -2.34. The molecule has 5 rings (SSSR count). The van der Waals surface area contributed by atoms with Crippen LogP contribution in [0.2, 0.25) is 0 Å². The Labute approximate surface area is 258 Å². The quantitative estimate of drug-likeness (QED) is 0.204. The Morgan fingerprint density at radius 1 is 0.841 bits per heavy atom. The first kappa shape index (κ1) is 30.6. The summed E-state index contributed by atoms with van der Waals surface area (Å²) in [5.74, 6) is 6.73. The number of carbonyl (C=O) groups is 1. The van der Waals surface area contributed by atoms with E-state index in [0.29, 0.717) is 30.5 Å². The van der Waals surface area contributed by atoms with Crippen LogP contribution in [0.15, 0.2) is 97.1 Å². The van der Waals surface area contributed by atoms with Crippen LogP contribution in [0.4, 0.5) is 9.18 Å². The first-order chi connectivity index (χ1) is 21.2. The smallest absolute Gasteiger partial charge is 0.410 e. The molecule has 0 unspecified atom stereocenters. The van der Waals surface area contributed by atoms with Crippen molar-refractivity contribution in [3.8, 4) is 34.7 Å². The molecule has 3 aromatic carbocycles. The summed E-state index contributed by atoms with van der Waals surface area (Å²) in [5, 5.41) is 0. The Balaban J connectivity index is 1.28. The SMILES string of the molecule is CC(C)(C)OC(=O)N1CCC(F)(C#Cc2ccc(-c3ccc(OCc4ccccc4)nc3OCc3ccccc3)cc2)CC1. The van der Waals surface area contributed by atoms with Crippen molar-refractivity contribution in [2.24, 2.45) is 0 Å². The lowest BCUT2D eigenvalue weighted by Crippen LogP contribution is -2.45. The van der Waals surface area contributed by atoms with Crippen LogP contribution in [-0.2, 0) is 18.0 Å². The maximum atomic E-state index is 15.5. The van der Waals surface area contributed by atoms with Gasteiger partial charge >= 0.3 is 6.09 Å². The van der Waals surface area contributed by atoms with Gasteiger partial charge in [0.15, 0.2) is 5.67 Å². The fraction of sp³-hybridized carbons (Fsp3) is 0.297. The van der Waals surface area contributed by atoms with Crippen molar-refractivity contribution in [2.45, 2.75) is 58.1 Å². The van der Waals surface area contributed by atoms with Gasteiger partial charge in [-0.05, 0) is 55.7 Å². The number of hydrogen-bond donors (Lipinski definition) is 0. The van der Waals surface area contributed by atoms with Gasteiger partial charge in [0.2, 0.25) is 11.8 Å². The lowest BCUT2D eigenvalue weighted by atomic mass is 9.93. The zero-order valence-corrected chi connectivity index (χ0v) is 25.4. The van der Waals surface area contributed by atoms with Crippen molar-refractivity contribution < 1.29 is 23.4 Å². The molecule has 226 valence electrons. The van der Waals surface area contributed by atoms with Gasteiger partial charge in [-0.2, -0.15) is 4.98 Å². The molecule has 0 spiro atoms. The van der Waals surface area contributed by atoms with Crippen LogP contribution in [0, 0.1) is 11.8 Å². The van der Waals surface area contributed by atoms with Gasteiger partial charge in [-0.25, -0.2) is 9.18 Å². The number of alkyl halides is 1. The third-order valence-corrected chi connectivity index (χ3v) is 7.12. The van der Waals surface area contributed by atoms with Gasteiger partial charge in [0.25, 0.3) is 0 Å². The Hall–Kier alpha value is -4.83. The summed E-state index contributed by atoms with van der Waals surface area (Å²) in [6.45, 7) is 6.74. The van der Waals surface area contributed by atoms with Crippen molar-refractivity contribution >= 4 is 6.09 Å². The Kier molecular flexibility index (Phi) is 9.50. The molecule has 0 radical (unpaired) electrons. The number of likely N-dealkylation sites (tertiary alicyclic amines) is 1. The number of pyridine rings is 1. The minimum absolute atomic E-state index is 0.143. The van der Waals surface area contributed by atoms with E-state index in [-0.39, 0.29) is 25.9 Å². The van der Waals surface area contributed by atoms with Gasteiger partial charge in [-0.1, -0.05) is 84.6 Å². The molecule has 1 aliphatic heterocycles. The van der Waals surface area contributed by atoms with Crippen molar-refractivity contribution in [1.82, 2.24) is 9.88 Å². The van der Waals surface area contributed by atoms with E-state index in [0.717, 1.165) is 22.3 Å². The molecular weight excluding hydrogens is 555 g/mol. The maximum Gasteiger partial charge on any atom is 0.410 e. The highest BCUT2D eigenvalue weighted by Crippen LogP contribution is 2.32. The molecule has 2 heterocycles. The van der Waals surface area contributed by atoms with Crippen LogP contribution >= 0.6 is 0 Å². The summed E-state index contributed by atoms with van der Waals surface area (Å²) in [6.07, 6.45) is -0.131. The van der Waals surface area contributed by atoms with Gasteiger partial charge in [0.05, 0.1) is 0 Å². The Bertz CT molecular complexity index is 1600. The fourth-order valence-corrected chi connectivity index (χ4v) is 4.70. The van der Waals surface area contributed by atoms with Crippen molar-refractivity contribution in [1.29, 1.82) is 0 Å². The van der Waals surface area contributed by atoms with Crippen molar-refractivity contribution in [3.63, 3.8) is 0 Å². The monoisotopic (exact) mass is 592 g/mol. The number of hydrogen-bond acceptors (Lipinski definition) is 5. The first-order valence-electron chi connectivity index (χ1n) is 14.8. The summed E-state index contributed by atoms with van der Waals surface area (Å²) < 4.78 is 33.0. The van der Waals surface area contributed by atoms with Gasteiger partial charge in [0.1, 0.15) is 18.8 Å². The highest BCUT2D eigenvalue weighted by Gasteiger charge is 2.35. The summed E-state index contributed by atoms with van der Waals surface area (Å²) in [5.41, 5.74) is 2.23. The zero-order valence-electron chi connectivity index (χ0n) is 25.4. The highest BCUT2D eigenvalue weighted by molar-refractivity contribution is 5.70. The van der Waals surface area contributed by atoms with E-state index in [1.807, 2.05) is 118 Å². The van der Waals surface area contributed by atoms with E-state index in [1.54, 1.807) is 4.90 Å². The molecule has 1 aliphatic rings. The average Bonchev–Trinajstić information content (AvgIpc) is 3.03. The largest absolute Gasteiger partial charge is 0.473 e. The topological polar surface area (TPSA) is 60.9 Å². The minimum Gasteiger partial charge on any atom is -0.473 e. The number of halogens is 1. The number of piperidine rings is 1. The molecule has 0 saturated carbocycles. The number of ether oxygens (including phenoxy) is 3. The number of carbonyl (C=O) groups excluding carboxylic acids is 1. The van der Waals surface area contributed by atoms with Crippen LogP contribution in [-0.4, -0.2) is 40.3 Å². The zero-order chi connectivity index (χ0) is 31.0. The summed E-state index contributed by atoms with van der Waals surface area (Å²) >= 11 is 0. The minimum atomic E-state index is -1.66. The highest BCUT2D eigenvalue weighted by atomic mass is 19.1. The molecule has 6 nitrogen and oxygen atoms in total. The van der Waals surface area contributed by atoms with Crippen molar-refractivity contribution in [2.75, 3.05) is 13.1 Å². The van der Waals surface area contributed by atoms with Crippen LogP contribution in [0.1, 0.15) is 50.3 Å². The van der Waals surface area contributed by atoms with Gasteiger partial charge < -0.3 is 19.1 Å². The van der Waals surface area contributed by atoms with Crippen molar-refractivity contribution in [3.05, 3.63) is 114 Å². The van der Waals surface area contributed by atoms with Gasteiger partial charge in [0, 0.05) is 43.1 Å². The van der Waals surface area contributed by atoms with Crippen LogP contribution < -0.4 is 9.47 Å². The molecule has 1 aromatic heterocycles. The normalized spacial score (nSPS) is 14.2. The second kappa shape index (κ2) is 13.6. The number of rotatable bonds is 7. The first-order valence-corrected chi connectivity index (χ1v) is 14.8. The van der Waals surface area contributed by atoms with E-state index >= 15 is 4.39 Å². The average molecular weight is 593 g/mol. The maximum absolute atomic E-state index is 15.5. The number of amides is 1. The molecule has 44 heavy (non-hydrogen) atoms. The predicted molar refractivity (Wildman–Crippen MR) is 169 cm³/mol. The van der Waals surface area contributed by atoms with E-state index in [1.165, 1.54) is 0 Å². The second-order valence-electron chi connectivity index (χ2n) is 11.8. The van der Waals surface area contributed by atoms with E-state index < -0.39 is 17.4 Å². The third kappa shape index (κ3) is 8.61. The van der Waals surface area contributed by atoms with Crippen LogP contribution in [0.3, 0.4) is 0 Å². The molecule has 4 aromatic rings. The van der Waals surface area contributed by atoms with E-state index in [4.69, 9.17) is 14.2 Å². The molecule has 1 amide bonds. The fourth-order valence-electron chi connectivity index (χ4n) is 4.70. The summed E-state index contributed by atoms with van der Waals surface area (Å²) in [6, 6.07) is 31.2. The second-order valence-corrected chi connectivity index (χ2v) is 11.8. The molecule has 1 saturated heterocycles. The summed E-state index contributed by atoms with van der Waals surface area (Å²) in [4.78, 5) is 18.6. The molecule has 0 N–H and O–H groups in total. The third-order valence-electron chi connectivity index (χ3n) is 7.12. The van der Waals surface area contributed by atoms with Gasteiger partial charge in [-0.15, -0.1) is 0 Å². The molecule has 1 fully saturated rings. The Morgan fingerprint density at radius 3 is 2.02 bits per heavy atom. The molecular formula is C37H37FN2O4. The van der Waals surface area contributed by atoms with Crippen LogP contribution in [0.25, 0.3) is 11.1 Å². The number of nitrogens with zero attached hydrogens (tertiary/aromatic N) is 2. The van der Waals surface area contributed by atoms with E-state index in [2.05, 4.69) is 16.8 Å². The number of aromatic nitrogens is 1. The van der Waals surface area contributed by atoms with Gasteiger partial charge in [-0.3, -0.25) is 0 Å². The standard InChI is InChI=1S/C37H37FN2O4/c1-36(2,3)44-35(41)40-24-22-37(38,23-25-40)21-20-28-14-16-31(17-15-28)32-18-19-33(42-26-29-10-6-4-7-11-29)39-34(32)43-27-30-12-8-5-9-13-30/h4-19H,22-27H2,1-3H3. The molecule has 7 heteroatoms.